The maximum atomic E-state index is 12.7. The number of rotatable bonds is 11. The van der Waals surface area contributed by atoms with Gasteiger partial charge in [0.25, 0.3) is 5.91 Å². The van der Waals surface area contributed by atoms with Gasteiger partial charge in [-0.3, -0.25) is 4.79 Å². The number of ether oxygens (including phenoxy) is 2. The van der Waals surface area contributed by atoms with E-state index < -0.39 is 17.9 Å². The van der Waals surface area contributed by atoms with Gasteiger partial charge in [-0.2, -0.15) is 0 Å². The molecule has 1 atom stereocenters. The molecule has 6 heteroatoms. The number of nitrogens with one attached hydrogen (secondary N) is 1. The van der Waals surface area contributed by atoms with Gasteiger partial charge in [-0.25, -0.2) is 4.79 Å². The summed E-state index contributed by atoms with van der Waals surface area (Å²) in [6, 6.07) is 30.7. The number of amides is 1. The Morgan fingerprint density at radius 3 is 1.95 bits per heavy atom. The Balaban J connectivity index is 1.30. The molecule has 0 bridgehead atoms. The zero-order valence-corrected chi connectivity index (χ0v) is 20.6. The van der Waals surface area contributed by atoms with Crippen molar-refractivity contribution >= 4 is 11.9 Å². The van der Waals surface area contributed by atoms with Crippen molar-refractivity contribution in [1.29, 1.82) is 0 Å². The second kappa shape index (κ2) is 12.4. The standard InChI is InChI=1S/C31H29NO5/c1-22-6-5-9-25(18-22)21-37-28-16-12-26(13-17-28)30(33)32-29(31(34)35)19-23-10-14-27(15-11-23)36-20-24-7-3-2-4-8-24/h2-18,29H,19-21H2,1H3,(H,32,33)(H,34,35). The van der Waals surface area contributed by atoms with Gasteiger partial charge in [0.1, 0.15) is 30.8 Å². The highest BCUT2D eigenvalue weighted by atomic mass is 16.5. The van der Waals surface area contributed by atoms with Gasteiger partial charge in [0, 0.05) is 12.0 Å². The molecule has 4 aromatic rings. The minimum absolute atomic E-state index is 0.151. The van der Waals surface area contributed by atoms with Crippen molar-refractivity contribution in [2.24, 2.45) is 0 Å². The van der Waals surface area contributed by atoms with Crippen LogP contribution < -0.4 is 14.8 Å². The lowest BCUT2D eigenvalue weighted by Crippen LogP contribution is -2.42. The van der Waals surface area contributed by atoms with Gasteiger partial charge in [0.05, 0.1) is 0 Å². The van der Waals surface area contributed by atoms with Crippen LogP contribution in [0, 0.1) is 6.92 Å². The summed E-state index contributed by atoms with van der Waals surface area (Å²) >= 11 is 0. The number of carbonyl (C=O) groups is 2. The molecular formula is C31H29NO5. The van der Waals surface area contributed by atoms with Crippen LogP contribution in [-0.2, 0) is 24.4 Å². The van der Waals surface area contributed by atoms with Crippen LogP contribution in [0.4, 0.5) is 0 Å². The minimum Gasteiger partial charge on any atom is -0.489 e. The SMILES string of the molecule is Cc1cccc(COc2ccc(C(=O)NC(Cc3ccc(OCc4ccccc4)cc3)C(=O)O)cc2)c1. The van der Waals surface area contributed by atoms with E-state index in [1.807, 2.05) is 67.6 Å². The lowest BCUT2D eigenvalue weighted by atomic mass is 10.1. The highest BCUT2D eigenvalue weighted by molar-refractivity contribution is 5.96. The molecule has 0 saturated heterocycles. The first-order valence-corrected chi connectivity index (χ1v) is 12.0. The van der Waals surface area contributed by atoms with Gasteiger partial charge < -0.3 is 19.9 Å². The molecule has 188 valence electrons. The van der Waals surface area contributed by atoms with Crippen molar-refractivity contribution in [3.63, 3.8) is 0 Å². The largest absolute Gasteiger partial charge is 0.489 e. The van der Waals surface area contributed by atoms with E-state index in [9.17, 15) is 14.7 Å². The zero-order chi connectivity index (χ0) is 26.0. The van der Waals surface area contributed by atoms with Crippen LogP contribution >= 0.6 is 0 Å². The van der Waals surface area contributed by atoms with Gasteiger partial charge in [0.2, 0.25) is 0 Å². The van der Waals surface area contributed by atoms with Gasteiger partial charge in [-0.05, 0) is 60.0 Å². The van der Waals surface area contributed by atoms with Crippen molar-refractivity contribution in [2.45, 2.75) is 32.6 Å². The lowest BCUT2D eigenvalue weighted by molar-refractivity contribution is -0.139. The van der Waals surface area contributed by atoms with Crippen LogP contribution in [0.1, 0.15) is 32.6 Å². The van der Waals surface area contributed by atoms with E-state index in [1.165, 1.54) is 0 Å². The quantitative estimate of drug-likeness (QED) is 0.284. The average molecular weight is 496 g/mol. The highest BCUT2D eigenvalue weighted by Gasteiger charge is 2.21. The van der Waals surface area contributed by atoms with E-state index in [-0.39, 0.29) is 6.42 Å². The van der Waals surface area contributed by atoms with Crippen LogP contribution in [0.25, 0.3) is 0 Å². The third-order valence-corrected chi connectivity index (χ3v) is 5.82. The fraction of sp³-hybridized carbons (Fsp3) is 0.161. The summed E-state index contributed by atoms with van der Waals surface area (Å²) in [5.41, 5.74) is 4.42. The normalized spacial score (nSPS) is 11.4. The molecule has 1 unspecified atom stereocenters. The molecule has 1 amide bonds. The topological polar surface area (TPSA) is 84.9 Å². The van der Waals surface area contributed by atoms with E-state index in [4.69, 9.17) is 9.47 Å². The molecule has 2 N–H and O–H groups in total. The van der Waals surface area contributed by atoms with Crippen molar-refractivity contribution in [2.75, 3.05) is 0 Å². The molecule has 0 aliphatic rings. The first-order chi connectivity index (χ1) is 18.0. The highest BCUT2D eigenvalue weighted by Crippen LogP contribution is 2.17. The van der Waals surface area contributed by atoms with Crippen molar-refractivity contribution in [3.8, 4) is 11.5 Å². The molecule has 4 rings (SSSR count). The molecular weight excluding hydrogens is 466 g/mol. The third kappa shape index (κ3) is 7.70. The van der Waals surface area contributed by atoms with Crippen molar-refractivity contribution < 1.29 is 24.2 Å². The van der Waals surface area contributed by atoms with E-state index in [0.29, 0.717) is 30.3 Å². The number of carboxylic acid groups (broad SMARTS) is 1. The summed E-state index contributed by atoms with van der Waals surface area (Å²) in [4.78, 5) is 24.6. The van der Waals surface area contributed by atoms with Gasteiger partial charge in [-0.1, -0.05) is 72.3 Å². The third-order valence-electron chi connectivity index (χ3n) is 5.82. The fourth-order valence-electron chi connectivity index (χ4n) is 3.81. The number of hydrogen-bond acceptors (Lipinski definition) is 4. The van der Waals surface area contributed by atoms with Gasteiger partial charge in [-0.15, -0.1) is 0 Å². The molecule has 0 heterocycles. The molecule has 0 aliphatic carbocycles. The summed E-state index contributed by atoms with van der Waals surface area (Å²) in [7, 11) is 0. The van der Waals surface area contributed by atoms with E-state index in [2.05, 4.69) is 11.4 Å². The van der Waals surface area contributed by atoms with Crippen LogP contribution in [0.5, 0.6) is 11.5 Å². The molecule has 0 saturated carbocycles. The zero-order valence-electron chi connectivity index (χ0n) is 20.6. The molecule has 0 spiro atoms. The summed E-state index contributed by atoms with van der Waals surface area (Å²) in [6.07, 6.45) is 0.151. The van der Waals surface area contributed by atoms with Crippen molar-refractivity contribution in [1.82, 2.24) is 5.32 Å². The summed E-state index contributed by atoms with van der Waals surface area (Å²) in [5, 5.41) is 12.3. The number of carbonyl (C=O) groups excluding carboxylic acids is 1. The Hall–Kier alpha value is -4.58. The smallest absolute Gasteiger partial charge is 0.326 e. The summed E-state index contributed by atoms with van der Waals surface area (Å²) in [6.45, 7) is 2.89. The first-order valence-electron chi connectivity index (χ1n) is 12.0. The summed E-state index contributed by atoms with van der Waals surface area (Å²) in [5.74, 6) is -0.244. The predicted molar refractivity (Wildman–Crippen MR) is 142 cm³/mol. The summed E-state index contributed by atoms with van der Waals surface area (Å²) < 4.78 is 11.6. The minimum atomic E-state index is -1.10. The van der Waals surface area contributed by atoms with Crippen LogP contribution in [-0.4, -0.2) is 23.0 Å². The maximum absolute atomic E-state index is 12.7. The molecule has 0 aromatic heterocycles. The van der Waals surface area contributed by atoms with Crippen LogP contribution in [0.15, 0.2) is 103 Å². The number of aryl methyl sites for hydroxylation is 1. The molecule has 0 aliphatic heterocycles. The molecule has 37 heavy (non-hydrogen) atoms. The first kappa shape index (κ1) is 25.5. The Kier molecular flexibility index (Phi) is 8.55. The number of hydrogen-bond donors (Lipinski definition) is 2. The Labute approximate surface area is 216 Å². The Morgan fingerprint density at radius 1 is 0.730 bits per heavy atom. The molecule has 4 aromatic carbocycles. The van der Waals surface area contributed by atoms with E-state index in [1.54, 1.807) is 36.4 Å². The lowest BCUT2D eigenvalue weighted by Gasteiger charge is -2.15. The van der Waals surface area contributed by atoms with Crippen LogP contribution in [0.2, 0.25) is 0 Å². The maximum Gasteiger partial charge on any atom is 0.326 e. The second-order valence-corrected chi connectivity index (χ2v) is 8.79. The fourth-order valence-corrected chi connectivity index (χ4v) is 3.81. The number of carboxylic acids is 1. The van der Waals surface area contributed by atoms with E-state index >= 15 is 0 Å². The van der Waals surface area contributed by atoms with Gasteiger partial charge in [0.15, 0.2) is 0 Å². The van der Waals surface area contributed by atoms with Crippen molar-refractivity contribution in [3.05, 3.63) is 131 Å². The Morgan fingerprint density at radius 2 is 1.32 bits per heavy atom. The monoisotopic (exact) mass is 495 g/mol. The second-order valence-electron chi connectivity index (χ2n) is 8.79. The molecule has 0 radical (unpaired) electrons. The number of benzene rings is 4. The van der Waals surface area contributed by atoms with Crippen LogP contribution in [0.3, 0.4) is 0 Å². The Bertz CT molecular complexity index is 1320. The molecule has 6 nitrogen and oxygen atoms in total. The van der Waals surface area contributed by atoms with Gasteiger partial charge >= 0.3 is 5.97 Å². The predicted octanol–water partition coefficient (Wildman–Crippen LogP) is 5.58. The van der Waals surface area contributed by atoms with E-state index in [0.717, 1.165) is 22.3 Å². The number of aliphatic carboxylic acids is 1. The molecule has 0 fully saturated rings. The average Bonchev–Trinajstić information content (AvgIpc) is 2.92.